The molecule has 1 nitrogen and oxygen atoms in total. The molecule has 0 amide bonds. The van der Waals surface area contributed by atoms with Crippen molar-refractivity contribution in [3.05, 3.63) is 0 Å². The van der Waals surface area contributed by atoms with Crippen LogP contribution in [-0.2, 0) is 0 Å². The van der Waals surface area contributed by atoms with Crippen molar-refractivity contribution in [1.82, 2.24) is 0 Å². The van der Waals surface area contributed by atoms with Crippen LogP contribution in [-0.4, -0.2) is 17.9 Å². The summed E-state index contributed by atoms with van der Waals surface area (Å²) in [5, 5.41) is 8.40. The third kappa shape index (κ3) is 148. The van der Waals surface area contributed by atoms with E-state index in [2.05, 4.69) is 0 Å². The van der Waals surface area contributed by atoms with Gasteiger partial charge in [0.05, 0.1) is 0 Å². The standard InChI is InChI=1S/C5H12O.C2H3F3.C2H6/c1-5(2,3)4-6;1-2(3,4)5;1-2/h6H,4H2,1-3H3;1H3;1-2H3. The van der Waals surface area contributed by atoms with Gasteiger partial charge in [-0.1, -0.05) is 34.6 Å². The summed E-state index contributed by atoms with van der Waals surface area (Å²) in [4.78, 5) is 0. The van der Waals surface area contributed by atoms with E-state index in [9.17, 15) is 13.2 Å². The third-order valence-electron chi connectivity index (χ3n) is 0.474. The van der Waals surface area contributed by atoms with Gasteiger partial charge in [-0.2, -0.15) is 13.2 Å². The SMILES string of the molecule is CC.CC(C)(C)CO.CC(F)(F)F. The van der Waals surface area contributed by atoms with Crippen molar-refractivity contribution in [2.45, 2.75) is 47.7 Å². The molecular formula is C9H21F3O. The molecule has 0 heterocycles. The van der Waals surface area contributed by atoms with Gasteiger partial charge >= 0.3 is 6.18 Å². The summed E-state index contributed by atoms with van der Waals surface area (Å²) in [5.41, 5.74) is 0.0972. The fourth-order valence-electron chi connectivity index (χ4n) is 0. The maximum absolute atomic E-state index is 10.4. The Balaban J connectivity index is -0.000000131. The molecule has 0 rings (SSSR count). The molecule has 0 unspecified atom stereocenters. The largest absolute Gasteiger partial charge is 0.396 e. The summed E-state index contributed by atoms with van der Waals surface area (Å²) < 4.78 is 31.1. The van der Waals surface area contributed by atoms with Crippen molar-refractivity contribution >= 4 is 0 Å². The molecule has 0 aliphatic carbocycles. The fraction of sp³-hybridized carbons (Fsp3) is 1.00. The minimum Gasteiger partial charge on any atom is -0.396 e. The highest BCUT2D eigenvalue weighted by molar-refractivity contribution is 4.55. The topological polar surface area (TPSA) is 20.2 Å². The van der Waals surface area contributed by atoms with Gasteiger partial charge in [-0.05, 0) is 5.41 Å². The zero-order valence-corrected chi connectivity index (χ0v) is 9.29. The van der Waals surface area contributed by atoms with Crippen molar-refractivity contribution in [3.63, 3.8) is 0 Å². The first kappa shape index (κ1) is 18.5. The molecule has 84 valence electrons. The van der Waals surface area contributed by atoms with Gasteiger partial charge in [-0.3, -0.25) is 0 Å². The second kappa shape index (κ2) is 8.35. The van der Waals surface area contributed by atoms with Crippen LogP contribution < -0.4 is 0 Å². The Labute approximate surface area is 79.0 Å². The van der Waals surface area contributed by atoms with E-state index in [4.69, 9.17) is 5.11 Å². The summed E-state index contributed by atoms with van der Waals surface area (Å²) in [6.45, 7) is 10.4. The Morgan fingerprint density at radius 1 is 0.923 bits per heavy atom. The number of aliphatic hydroxyl groups is 1. The quantitative estimate of drug-likeness (QED) is 0.636. The summed E-state index contributed by atoms with van der Waals surface area (Å²) in [5.74, 6) is 0. The number of halogens is 3. The average Bonchev–Trinajstić information content (AvgIpc) is 1.87. The predicted molar refractivity (Wildman–Crippen MR) is 49.6 cm³/mol. The molecule has 0 fully saturated rings. The van der Waals surface area contributed by atoms with Gasteiger partial charge in [0, 0.05) is 13.5 Å². The molecule has 1 N–H and O–H groups in total. The lowest BCUT2D eigenvalue weighted by Gasteiger charge is -2.11. The van der Waals surface area contributed by atoms with Crippen molar-refractivity contribution in [2.24, 2.45) is 5.41 Å². The molecule has 0 saturated carbocycles. The zero-order chi connectivity index (χ0) is 11.7. The van der Waals surface area contributed by atoms with Crippen LogP contribution >= 0.6 is 0 Å². The summed E-state index contributed by atoms with van der Waals surface area (Å²) in [6, 6.07) is 0. The van der Waals surface area contributed by atoms with Crippen LogP contribution in [0.3, 0.4) is 0 Å². The lowest BCUT2D eigenvalue weighted by atomic mass is 9.99. The second-order valence-corrected chi connectivity index (χ2v) is 3.50. The van der Waals surface area contributed by atoms with Crippen LogP contribution in [0.5, 0.6) is 0 Å². The first-order valence-electron chi connectivity index (χ1n) is 4.24. The Morgan fingerprint density at radius 2 is 1.00 bits per heavy atom. The van der Waals surface area contributed by atoms with Crippen molar-refractivity contribution in [3.8, 4) is 0 Å². The highest BCUT2D eigenvalue weighted by Crippen LogP contribution is 2.10. The monoisotopic (exact) mass is 202 g/mol. The first-order valence-corrected chi connectivity index (χ1v) is 4.24. The normalized spacial score (nSPS) is 10.6. The third-order valence-corrected chi connectivity index (χ3v) is 0.474. The second-order valence-electron chi connectivity index (χ2n) is 3.50. The van der Waals surface area contributed by atoms with Crippen LogP contribution in [0.1, 0.15) is 41.5 Å². The Kier molecular flexibility index (Phi) is 11.9. The first-order chi connectivity index (χ1) is 5.56. The average molecular weight is 202 g/mol. The van der Waals surface area contributed by atoms with Gasteiger partial charge in [0.15, 0.2) is 0 Å². The predicted octanol–water partition coefficient (Wildman–Crippen LogP) is 3.62. The van der Waals surface area contributed by atoms with E-state index in [1.54, 1.807) is 0 Å². The van der Waals surface area contributed by atoms with Crippen molar-refractivity contribution in [1.29, 1.82) is 0 Å². The molecule has 0 aliphatic heterocycles. The van der Waals surface area contributed by atoms with E-state index in [-0.39, 0.29) is 18.9 Å². The molecule has 4 heteroatoms. The number of aliphatic hydroxyl groups excluding tert-OH is 1. The van der Waals surface area contributed by atoms with E-state index < -0.39 is 6.18 Å². The summed E-state index contributed by atoms with van der Waals surface area (Å²) in [7, 11) is 0. The van der Waals surface area contributed by atoms with Gasteiger partial charge in [0.25, 0.3) is 0 Å². The van der Waals surface area contributed by atoms with E-state index in [1.165, 1.54) is 0 Å². The van der Waals surface area contributed by atoms with Gasteiger partial charge in [-0.25, -0.2) is 0 Å². The van der Waals surface area contributed by atoms with Crippen LogP contribution in [0.4, 0.5) is 13.2 Å². The maximum atomic E-state index is 10.4. The lowest BCUT2D eigenvalue weighted by Crippen LogP contribution is -2.09. The van der Waals surface area contributed by atoms with Crippen LogP contribution in [0, 0.1) is 5.41 Å². The number of rotatable bonds is 0. The molecule has 13 heavy (non-hydrogen) atoms. The van der Waals surface area contributed by atoms with Crippen LogP contribution in [0.25, 0.3) is 0 Å². The lowest BCUT2D eigenvalue weighted by molar-refractivity contribution is -0.110. The molecule has 0 spiro atoms. The Bertz CT molecular complexity index is 86.0. The van der Waals surface area contributed by atoms with Gasteiger partial charge < -0.3 is 5.11 Å². The van der Waals surface area contributed by atoms with Crippen molar-refractivity contribution < 1.29 is 18.3 Å². The number of hydrogen-bond acceptors (Lipinski definition) is 1. The Morgan fingerprint density at radius 3 is 1.00 bits per heavy atom. The molecule has 0 aliphatic rings. The molecule has 0 saturated heterocycles. The van der Waals surface area contributed by atoms with Crippen molar-refractivity contribution in [2.75, 3.05) is 6.61 Å². The molecule has 0 bridgehead atoms. The van der Waals surface area contributed by atoms with E-state index in [0.29, 0.717) is 0 Å². The highest BCUT2D eigenvalue weighted by Gasteiger charge is 2.15. The number of alkyl halides is 3. The Hall–Kier alpha value is -0.250. The smallest absolute Gasteiger partial charge is 0.386 e. The van der Waals surface area contributed by atoms with Gasteiger partial charge in [0.1, 0.15) is 0 Å². The molecular weight excluding hydrogens is 181 g/mol. The van der Waals surface area contributed by atoms with E-state index in [1.807, 2.05) is 34.6 Å². The molecule has 0 radical (unpaired) electrons. The van der Waals surface area contributed by atoms with Crippen LogP contribution in [0.15, 0.2) is 0 Å². The maximum Gasteiger partial charge on any atom is 0.386 e. The van der Waals surface area contributed by atoms with Gasteiger partial charge in [0.2, 0.25) is 0 Å². The minimum absolute atomic E-state index is 0.0972. The molecule has 0 atom stereocenters. The molecule has 0 aromatic rings. The van der Waals surface area contributed by atoms with Gasteiger partial charge in [-0.15, -0.1) is 0 Å². The van der Waals surface area contributed by atoms with Crippen LogP contribution in [0.2, 0.25) is 0 Å². The fourth-order valence-corrected chi connectivity index (χ4v) is 0. The minimum atomic E-state index is -4.00. The van der Waals surface area contributed by atoms with E-state index in [0.717, 1.165) is 0 Å². The number of hydrogen-bond donors (Lipinski definition) is 1. The highest BCUT2D eigenvalue weighted by atomic mass is 19.4. The summed E-state index contributed by atoms with van der Waals surface area (Å²) >= 11 is 0. The molecule has 0 aromatic carbocycles. The molecule has 0 aromatic heterocycles. The summed E-state index contributed by atoms with van der Waals surface area (Å²) in [6.07, 6.45) is -4.00. The van der Waals surface area contributed by atoms with E-state index >= 15 is 0 Å². The zero-order valence-electron chi connectivity index (χ0n) is 9.29.